The molecule has 0 saturated heterocycles. The van der Waals surface area contributed by atoms with Crippen LogP contribution in [0.2, 0.25) is 0 Å². The van der Waals surface area contributed by atoms with Crippen molar-refractivity contribution < 1.29 is 30.0 Å². The molecular weight excluding hydrogens is 368 g/mol. The summed E-state index contributed by atoms with van der Waals surface area (Å²) in [5, 5.41) is 55.7. The summed E-state index contributed by atoms with van der Waals surface area (Å²) in [6.45, 7) is 15.5. The van der Waals surface area contributed by atoms with Crippen LogP contribution >= 0.6 is 0 Å². The van der Waals surface area contributed by atoms with Crippen LogP contribution in [-0.2, 0) is 9.59 Å². The van der Waals surface area contributed by atoms with Gasteiger partial charge in [-0.3, -0.25) is 0 Å². The molecule has 10 nitrogen and oxygen atoms in total. The van der Waals surface area contributed by atoms with Crippen molar-refractivity contribution >= 4 is 11.9 Å². The molecule has 0 aromatic rings. The van der Waals surface area contributed by atoms with E-state index >= 15 is 0 Å². The third kappa shape index (κ3) is 30.8. The first-order valence-electron chi connectivity index (χ1n) is 7.79. The number of azo groups is 1. The Labute approximate surface area is 165 Å². The maximum Gasteiger partial charge on any atom is 0.330 e. The van der Waals surface area contributed by atoms with E-state index in [2.05, 4.69) is 23.4 Å². The van der Waals surface area contributed by atoms with Crippen LogP contribution in [0, 0.1) is 22.7 Å². The van der Waals surface area contributed by atoms with Gasteiger partial charge in [0.05, 0.1) is 25.4 Å². The molecule has 10 heteroatoms. The summed E-state index contributed by atoms with van der Waals surface area (Å²) in [4.78, 5) is 19.2. The predicted molar refractivity (Wildman–Crippen MR) is 103 cm³/mol. The second-order valence-corrected chi connectivity index (χ2v) is 6.16. The van der Waals surface area contributed by atoms with Crippen molar-refractivity contribution in [3.63, 3.8) is 0 Å². The summed E-state index contributed by atoms with van der Waals surface area (Å²) >= 11 is 0. The second kappa shape index (κ2) is 17.3. The van der Waals surface area contributed by atoms with Gasteiger partial charge in [-0.25, -0.2) is 9.59 Å². The van der Waals surface area contributed by atoms with Gasteiger partial charge in [-0.1, -0.05) is 13.2 Å². The normalized spacial score (nSPS) is 9.64. The fourth-order valence-electron chi connectivity index (χ4n) is 0.295. The molecule has 0 aromatic carbocycles. The summed E-state index contributed by atoms with van der Waals surface area (Å²) in [7, 11) is 0. The standard InChI is InChI=1S/C8H12N4.2C4H6O2.C2H6O2/c1-7(2,5-9)11-12-8(3,4)6-10;2*1-3(2)4(5)6;3-1-2-4/h1-4H3;2*1H2,2H3,(H,5,6);3-4H,1-2H2. The second-order valence-electron chi connectivity index (χ2n) is 6.16. The summed E-state index contributed by atoms with van der Waals surface area (Å²) in [6.07, 6.45) is 0. The molecule has 0 spiro atoms. The Morgan fingerprint density at radius 2 is 1.00 bits per heavy atom. The van der Waals surface area contributed by atoms with E-state index in [1.54, 1.807) is 27.7 Å². The summed E-state index contributed by atoms with van der Waals surface area (Å²) in [6, 6.07) is 3.94. The van der Waals surface area contributed by atoms with Gasteiger partial charge in [0.2, 0.25) is 0 Å². The van der Waals surface area contributed by atoms with Gasteiger partial charge in [0.15, 0.2) is 11.1 Å². The minimum absolute atomic E-state index is 0.125. The van der Waals surface area contributed by atoms with Gasteiger partial charge >= 0.3 is 11.9 Å². The molecule has 0 saturated carbocycles. The molecule has 0 bridgehead atoms. The van der Waals surface area contributed by atoms with Crippen molar-refractivity contribution in [3.8, 4) is 12.1 Å². The van der Waals surface area contributed by atoms with Crippen molar-refractivity contribution in [1.29, 1.82) is 10.5 Å². The van der Waals surface area contributed by atoms with Gasteiger partial charge in [-0.05, 0) is 41.5 Å². The smallest absolute Gasteiger partial charge is 0.330 e. The zero-order valence-corrected chi connectivity index (χ0v) is 17.2. The summed E-state index contributed by atoms with van der Waals surface area (Å²) in [5.41, 5.74) is -1.33. The molecule has 0 aliphatic carbocycles. The predicted octanol–water partition coefficient (Wildman–Crippen LogP) is 2.31. The molecule has 0 atom stereocenters. The maximum absolute atomic E-state index is 9.60. The number of aliphatic carboxylic acids is 2. The Morgan fingerprint density at radius 3 is 1.07 bits per heavy atom. The van der Waals surface area contributed by atoms with Crippen LogP contribution in [0.5, 0.6) is 0 Å². The number of carboxylic acid groups (broad SMARTS) is 2. The van der Waals surface area contributed by atoms with Crippen LogP contribution < -0.4 is 0 Å². The molecular formula is C18H30N4O6. The van der Waals surface area contributed by atoms with Gasteiger partial charge in [0, 0.05) is 11.1 Å². The molecule has 0 amide bonds. The monoisotopic (exact) mass is 398 g/mol. The number of aliphatic hydroxyl groups excluding tert-OH is 2. The lowest BCUT2D eigenvalue weighted by Crippen LogP contribution is -2.17. The first-order chi connectivity index (χ1) is 12.5. The number of rotatable bonds is 5. The molecule has 0 aromatic heterocycles. The highest BCUT2D eigenvalue weighted by Crippen LogP contribution is 2.13. The molecule has 0 heterocycles. The van der Waals surface area contributed by atoms with Crippen LogP contribution in [0.15, 0.2) is 34.5 Å². The topological polar surface area (TPSA) is 187 Å². The van der Waals surface area contributed by atoms with Crippen molar-refractivity contribution in [2.45, 2.75) is 52.6 Å². The zero-order valence-electron chi connectivity index (χ0n) is 17.2. The molecule has 28 heavy (non-hydrogen) atoms. The number of carbonyl (C=O) groups is 2. The highest BCUT2D eigenvalue weighted by Gasteiger charge is 2.19. The molecule has 4 N–H and O–H groups in total. The van der Waals surface area contributed by atoms with Crippen LogP contribution in [0.3, 0.4) is 0 Å². The number of nitrogens with zero attached hydrogens (tertiary/aromatic N) is 4. The van der Waals surface area contributed by atoms with E-state index in [4.69, 9.17) is 30.9 Å². The average Bonchev–Trinajstić information content (AvgIpc) is 2.61. The fraction of sp³-hybridized carbons (Fsp3) is 0.556. The maximum atomic E-state index is 9.60. The molecule has 0 fully saturated rings. The Morgan fingerprint density at radius 1 is 0.821 bits per heavy atom. The van der Waals surface area contributed by atoms with Crippen LogP contribution in [0.1, 0.15) is 41.5 Å². The third-order valence-corrected chi connectivity index (χ3v) is 1.93. The number of aliphatic hydroxyl groups is 2. The number of hydrogen-bond donors (Lipinski definition) is 4. The van der Waals surface area contributed by atoms with Crippen LogP contribution in [0.25, 0.3) is 0 Å². The Bertz CT molecular complexity index is 547. The summed E-state index contributed by atoms with van der Waals surface area (Å²) in [5.74, 6) is -1.87. The highest BCUT2D eigenvalue weighted by molar-refractivity contribution is 5.85. The van der Waals surface area contributed by atoms with E-state index in [-0.39, 0.29) is 24.4 Å². The van der Waals surface area contributed by atoms with E-state index in [0.29, 0.717) is 0 Å². The molecule has 0 aliphatic rings. The lowest BCUT2D eigenvalue weighted by molar-refractivity contribution is -0.133. The van der Waals surface area contributed by atoms with E-state index in [1.165, 1.54) is 13.8 Å². The number of carboxylic acids is 2. The lowest BCUT2D eigenvalue weighted by Gasteiger charge is -2.11. The first-order valence-corrected chi connectivity index (χ1v) is 7.79. The number of hydrogen-bond acceptors (Lipinski definition) is 8. The highest BCUT2D eigenvalue weighted by atomic mass is 16.4. The zero-order chi connectivity index (χ0) is 23.6. The molecule has 0 rings (SSSR count). The van der Waals surface area contributed by atoms with E-state index < -0.39 is 23.0 Å². The van der Waals surface area contributed by atoms with E-state index in [1.807, 2.05) is 12.1 Å². The van der Waals surface area contributed by atoms with Crippen molar-refractivity contribution in [2.75, 3.05) is 13.2 Å². The van der Waals surface area contributed by atoms with Gasteiger partial charge in [-0.2, -0.15) is 20.8 Å². The fourth-order valence-corrected chi connectivity index (χ4v) is 0.295. The average molecular weight is 398 g/mol. The largest absolute Gasteiger partial charge is 0.478 e. The van der Waals surface area contributed by atoms with Crippen molar-refractivity contribution in [1.82, 2.24) is 0 Å². The van der Waals surface area contributed by atoms with Crippen molar-refractivity contribution in [3.05, 3.63) is 24.3 Å². The van der Waals surface area contributed by atoms with Gasteiger partial charge in [-0.15, -0.1) is 0 Å². The molecule has 0 unspecified atom stereocenters. The SMILES string of the molecule is C=C(C)C(=O)O.C=C(C)C(=O)O.CC(C)(C#N)N=NC(C)(C)C#N.OCCO. The first kappa shape index (κ1) is 32.6. The summed E-state index contributed by atoms with van der Waals surface area (Å²) < 4.78 is 0. The molecule has 0 radical (unpaired) electrons. The van der Waals surface area contributed by atoms with Crippen molar-refractivity contribution in [2.24, 2.45) is 10.2 Å². The number of nitriles is 2. The lowest BCUT2D eigenvalue weighted by atomic mass is 10.1. The Kier molecular flexibility index (Phi) is 20.2. The Balaban J connectivity index is -0.000000152. The quantitative estimate of drug-likeness (QED) is 0.401. The van der Waals surface area contributed by atoms with Crippen LogP contribution in [0.4, 0.5) is 0 Å². The van der Waals surface area contributed by atoms with Gasteiger partial charge in [0.25, 0.3) is 0 Å². The van der Waals surface area contributed by atoms with E-state index in [9.17, 15) is 9.59 Å². The minimum atomic E-state index is -0.935. The molecule has 0 aliphatic heterocycles. The molecule has 158 valence electrons. The minimum Gasteiger partial charge on any atom is -0.478 e. The van der Waals surface area contributed by atoms with Crippen LogP contribution in [-0.4, -0.2) is 56.7 Å². The van der Waals surface area contributed by atoms with E-state index in [0.717, 1.165) is 0 Å². The van der Waals surface area contributed by atoms with Gasteiger partial charge < -0.3 is 20.4 Å². The van der Waals surface area contributed by atoms with Gasteiger partial charge in [0.1, 0.15) is 0 Å². The Hall–Kier alpha value is -3.08. The third-order valence-electron chi connectivity index (χ3n) is 1.93.